The minimum absolute atomic E-state index is 0.198. The molecule has 0 atom stereocenters. The SMILES string of the molecule is O=C(CC(=O)NC1CCCCC1)N/N=C\c1ccc(Cl)c(Cl)c1. The minimum Gasteiger partial charge on any atom is -0.353 e. The topological polar surface area (TPSA) is 70.6 Å². The van der Waals surface area contributed by atoms with Crippen LogP contribution in [0.3, 0.4) is 0 Å². The third-order valence-electron chi connectivity index (χ3n) is 3.64. The van der Waals surface area contributed by atoms with Gasteiger partial charge in [0.2, 0.25) is 11.8 Å². The Balaban J connectivity index is 1.74. The number of amides is 2. The first-order valence-corrected chi connectivity index (χ1v) is 8.36. The Morgan fingerprint density at radius 2 is 1.87 bits per heavy atom. The molecule has 1 aliphatic rings. The fraction of sp³-hybridized carbons (Fsp3) is 0.438. The summed E-state index contributed by atoms with van der Waals surface area (Å²) in [4.78, 5) is 23.5. The molecule has 0 saturated heterocycles. The summed E-state index contributed by atoms with van der Waals surface area (Å²) in [5.41, 5.74) is 3.03. The van der Waals surface area contributed by atoms with E-state index in [4.69, 9.17) is 23.2 Å². The summed E-state index contributed by atoms with van der Waals surface area (Å²) >= 11 is 11.7. The van der Waals surface area contributed by atoms with Gasteiger partial charge in [0.25, 0.3) is 0 Å². The second-order valence-electron chi connectivity index (χ2n) is 5.55. The van der Waals surface area contributed by atoms with Gasteiger partial charge in [-0.3, -0.25) is 9.59 Å². The monoisotopic (exact) mass is 355 g/mol. The zero-order valence-electron chi connectivity index (χ0n) is 12.6. The molecule has 1 aliphatic carbocycles. The fourth-order valence-corrected chi connectivity index (χ4v) is 2.79. The van der Waals surface area contributed by atoms with E-state index < -0.39 is 5.91 Å². The van der Waals surface area contributed by atoms with E-state index in [0.29, 0.717) is 15.6 Å². The van der Waals surface area contributed by atoms with Gasteiger partial charge in [-0.05, 0) is 30.5 Å². The smallest absolute Gasteiger partial charge is 0.249 e. The molecule has 2 rings (SSSR count). The highest BCUT2D eigenvalue weighted by Gasteiger charge is 2.17. The van der Waals surface area contributed by atoms with E-state index in [1.165, 1.54) is 12.6 Å². The Hall–Kier alpha value is -1.59. The van der Waals surface area contributed by atoms with Crippen molar-refractivity contribution < 1.29 is 9.59 Å². The van der Waals surface area contributed by atoms with Crippen molar-refractivity contribution in [3.63, 3.8) is 0 Å². The second kappa shape index (κ2) is 8.89. The van der Waals surface area contributed by atoms with Gasteiger partial charge in [-0.25, -0.2) is 5.43 Å². The number of carbonyl (C=O) groups excluding carboxylic acids is 2. The van der Waals surface area contributed by atoms with Crippen molar-refractivity contribution in [2.45, 2.75) is 44.6 Å². The van der Waals surface area contributed by atoms with E-state index in [-0.39, 0.29) is 18.4 Å². The molecule has 2 amide bonds. The molecule has 5 nitrogen and oxygen atoms in total. The summed E-state index contributed by atoms with van der Waals surface area (Å²) in [7, 11) is 0. The number of nitrogens with one attached hydrogen (secondary N) is 2. The summed E-state index contributed by atoms with van der Waals surface area (Å²) in [5, 5.41) is 7.56. The minimum atomic E-state index is -0.449. The van der Waals surface area contributed by atoms with Gasteiger partial charge in [0.15, 0.2) is 0 Å². The van der Waals surface area contributed by atoms with Crippen molar-refractivity contribution in [3.8, 4) is 0 Å². The van der Waals surface area contributed by atoms with Gasteiger partial charge in [-0.15, -0.1) is 0 Å². The lowest BCUT2D eigenvalue weighted by Crippen LogP contribution is -2.38. The number of hydrogen-bond acceptors (Lipinski definition) is 3. The van der Waals surface area contributed by atoms with Crippen LogP contribution in [0.1, 0.15) is 44.1 Å². The molecule has 1 aromatic rings. The van der Waals surface area contributed by atoms with Crippen LogP contribution in [0, 0.1) is 0 Å². The van der Waals surface area contributed by atoms with Crippen LogP contribution in [-0.4, -0.2) is 24.1 Å². The standard InChI is InChI=1S/C16H19Cl2N3O2/c17-13-7-6-11(8-14(13)18)10-19-21-16(23)9-15(22)20-12-4-2-1-3-5-12/h6-8,10,12H,1-5,9H2,(H,20,22)(H,21,23)/b19-10-. The van der Waals surface area contributed by atoms with Gasteiger partial charge in [0.1, 0.15) is 6.42 Å². The van der Waals surface area contributed by atoms with Crippen molar-refractivity contribution in [3.05, 3.63) is 33.8 Å². The van der Waals surface area contributed by atoms with Crippen LogP contribution < -0.4 is 10.7 Å². The van der Waals surface area contributed by atoms with E-state index >= 15 is 0 Å². The molecule has 1 saturated carbocycles. The Bertz CT molecular complexity index is 599. The van der Waals surface area contributed by atoms with Crippen LogP contribution in [0.15, 0.2) is 23.3 Å². The molecular formula is C16H19Cl2N3O2. The maximum Gasteiger partial charge on any atom is 0.249 e. The van der Waals surface area contributed by atoms with E-state index in [9.17, 15) is 9.59 Å². The zero-order chi connectivity index (χ0) is 16.7. The molecule has 1 aromatic carbocycles. The maximum absolute atomic E-state index is 11.8. The maximum atomic E-state index is 11.8. The van der Waals surface area contributed by atoms with Gasteiger partial charge >= 0.3 is 0 Å². The van der Waals surface area contributed by atoms with Crippen molar-refractivity contribution in [1.82, 2.24) is 10.7 Å². The summed E-state index contributed by atoms with van der Waals surface area (Å²) in [6.07, 6.45) is 6.67. The van der Waals surface area contributed by atoms with Gasteiger partial charge in [-0.2, -0.15) is 5.10 Å². The van der Waals surface area contributed by atoms with Crippen LogP contribution in [0.5, 0.6) is 0 Å². The molecule has 0 unspecified atom stereocenters. The number of hydrogen-bond donors (Lipinski definition) is 2. The Morgan fingerprint density at radius 3 is 2.57 bits per heavy atom. The Kier molecular flexibility index (Phi) is 6.86. The molecule has 23 heavy (non-hydrogen) atoms. The van der Waals surface area contributed by atoms with Crippen molar-refractivity contribution in [2.75, 3.05) is 0 Å². The lowest BCUT2D eigenvalue weighted by molar-refractivity contribution is -0.129. The molecule has 0 aliphatic heterocycles. The average molecular weight is 356 g/mol. The van der Waals surface area contributed by atoms with E-state index in [1.54, 1.807) is 18.2 Å². The zero-order valence-corrected chi connectivity index (χ0v) is 14.2. The molecule has 2 N–H and O–H groups in total. The lowest BCUT2D eigenvalue weighted by atomic mass is 9.95. The van der Waals surface area contributed by atoms with Crippen LogP contribution in [0.25, 0.3) is 0 Å². The van der Waals surface area contributed by atoms with E-state index in [2.05, 4.69) is 15.8 Å². The third kappa shape index (κ3) is 6.20. The number of hydrazone groups is 1. The molecule has 124 valence electrons. The van der Waals surface area contributed by atoms with Crippen molar-refractivity contribution in [1.29, 1.82) is 0 Å². The van der Waals surface area contributed by atoms with Gasteiger partial charge in [0, 0.05) is 6.04 Å². The first kappa shape index (κ1) is 17.8. The number of benzene rings is 1. The average Bonchev–Trinajstić information content (AvgIpc) is 2.51. The van der Waals surface area contributed by atoms with Crippen LogP contribution in [0.4, 0.5) is 0 Å². The Labute approximate surface area is 145 Å². The molecule has 0 aromatic heterocycles. The predicted octanol–water partition coefficient (Wildman–Crippen LogP) is 3.28. The number of carbonyl (C=O) groups is 2. The number of halogens is 2. The molecule has 0 heterocycles. The fourth-order valence-electron chi connectivity index (χ4n) is 2.48. The highest BCUT2D eigenvalue weighted by molar-refractivity contribution is 6.42. The molecule has 7 heteroatoms. The van der Waals surface area contributed by atoms with Gasteiger partial charge in [-0.1, -0.05) is 48.5 Å². The Morgan fingerprint density at radius 1 is 1.13 bits per heavy atom. The van der Waals surface area contributed by atoms with E-state index in [1.807, 2.05) is 0 Å². The summed E-state index contributed by atoms with van der Waals surface area (Å²) in [6, 6.07) is 5.20. The highest BCUT2D eigenvalue weighted by atomic mass is 35.5. The van der Waals surface area contributed by atoms with Crippen LogP contribution in [0.2, 0.25) is 10.0 Å². The summed E-state index contributed by atoms with van der Waals surface area (Å²) < 4.78 is 0. The molecular weight excluding hydrogens is 337 g/mol. The second-order valence-corrected chi connectivity index (χ2v) is 6.36. The van der Waals surface area contributed by atoms with E-state index in [0.717, 1.165) is 25.7 Å². The predicted molar refractivity (Wildman–Crippen MR) is 91.8 cm³/mol. The number of nitrogens with zero attached hydrogens (tertiary/aromatic N) is 1. The third-order valence-corrected chi connectivity index (χ3v) is 4.38. The lowest BCUT2D eigenvalue weighted by Gasteiger charge is -2.22. The molecule has 1 fully saturated rings. The summed E-state index contributed by atoms with van der Waals surface area (Å²) in [5.74, 6) is -0.714. The molecule has 0 spiro atoms. The van der Waals surface area contributed by atoms with Gasteiger partial charge in [0.05, 0.1) is 16.3 Å². The highest BCUT2D eigenvalue weighted by Crippen LogP contribution is 2.21. The summed E-state index contributed by atoms with van der Waals surface area (Å²) in [6.45, 7) is 0. The first-order valence-electron chi connectivity index (χ1n) is 7.61. The van der Waals surface area contributed by atoms with Crippen molar-refractivity contribution >= 4 is 41.2 Å². The molecule has 0 bridgehead atoms. The quantitative estimate of drug-likeness (QED) is 0.483. The molecule has 0 radical (unpaired) electrons. The first-order chi connectivity index (χ1) is 11.0. The number of rotatable bonds is 5. The van der Waals surface area contributed by atoms with Crippen molar-refractivity contribution in [2.24, 2.45) is 5.10 Å². The van der Waals surface area contributed by atoms with Crippen LogP contribution >= 0.6 is 23.2 Å². The normalized spacial score (nSPS) is 15.6. The van der Waals surface area contributed by atoms with Crippen LogP contribution in [-0.2, 0) is 9.59 Å². The largest absolute Gasteiger partial charge is 0.353 e. The van der Waals surface area contributed by atoms with Gasteiger partial charge < -0.3 is 5.32 Å².